The third-order valence-electron chi connectivity index (χ3n) is 4.36. The van der Waals surface area contributed by atoms with Crippen LogP contribution in [0, 0.1) is 18.8 Å². The van der Waals surface area contributed by atoms with E-state index in [9.17, 15) is 4.79 Å². The number of aromatic nitrogens is 1. The normalized spacial score (nSPS) is 31.5. The van der Waals surface area contributed by atoms with Crippen LogP contribution in [0.2, 0.25) is 0 Å². The molecule has 0 aliphatic heterocycles. The summed E-state index contributed by atoms with van der Waals surface area (Å²) in [5.41, 5.74) is 0.437. The quantitative estimate of drug-likeness (QED) is 0.854. The van der Waals surface area contributed by atoms with Crippen molar-refractivity contribution in [2.45, 2.75) is 45.1 Å². The van der Waals surface area contributed by atoms with Gasteiger partial charge in [0.05, 0.1) is 0 Å². The molecule has 1 heterocycles. The molecule has 0 radical (unpaired) electrons. The van der Waals surface area contributed by atoms with Gasteiger partial charge in [0.25, 0.3) is 5.91 Å². The van der Waals surface area contributed by atoms with Gasteiger partial charge in [0, 0.05) is 6.04 Å². The first kappa shape index (κ1) is 10.8. The van der Waals surface area contributed by atoms with Gasteiger partial charge in [-0.05, 0) is 38.0 Å². The van der Waals surface area contributed by atoms with E-state index >= 15 is 0 Å². The number of oxazole rings is 1. The number of carbonyl (C=O) groups excluding carboxylic acids is 1. The summed E-state index contributed by atoms with van der Waals surface area (Å²) in [7, 11) is 0. The first-order chi connectivity index (χ1) is 8.25. The van der Waals surface area contributed by atoms with Gasteiger partial charge in [-0.25, -0.2) is 4.98 Å². The van der Waals surface area contributed by atoms with Crippen LogP contribution in [0.25, 0.3) is 0 Å². The van der Waals surface area contributed by atoms with Crippen molar-refractivity contribution in [2.75, 3.05) is 0 Å². The number of carbonyl (C=O) groups is 1. The van der Waals surface area contributed by atoms with E-state index < -0.39 is 0 Å². The molecule has 0 aromatic carbocycles. The third-order valence-corrected chi connectivity index (χ3v) is 4.36. The fourth-order valence-electron chi connectivity index (χ4n) is 3.50. The minimum Gasteiger partial charge on any atom is -0.448 e. The SMILES string of the molecule is Cc1ocnc1C(=O)N[C@H]1CC[C@@H]2CCC[C@@H]21. The molecule has 3 rings (SSSR count). The van der Waals surface area contributed by atoms with Crippen LogP contribution in [0.1, 0.15) is 48.4 Å². The van der Waals surface area contributed by atoms with Gasteiger partial charge in [-0.15, -0.1) is 0 Å². The van der Waals surface area contributed by atoms with E-state index in [1.165, 1.54) is 32.1 Å². The van der Waals surface area contributed by atoms with Crippen LogP contribution in [0.4, 0.5) is 0 Å². The fourth-order valence-corrected chi connectivity index (χ4v) is 3.50. The Morgan fingerprint density at radius 2 is 2.29 bits per heavy atom. The molecule has 1 amide bonds. The Labute approximate surface area is 101 Å². The largest absolute Gasteiger partial charge is 0.448 e. The molecule has 4 nitrogen and oxygen atoms in total. The topological polar surface area (TPSA) is 55.1 Å². The summed E-state index contributed by atoms with van der Waals surface area (Å²) in [6, 6.07) is 0.353. The Morgan fingerprint density at radius 1 is 1.41 bits per heavy atom. The summed E-state index contributed by atoms with van der Waals surface area (Å²) >= 11 is 0. The molecule has 4 heteroatoms. The third kappa shape index (κ3) is 1.85. The van der Waals surface area contributed by atoms with E-state index in [1.807, 2.05) is 0 Å². The molecule has 2 fully saturated rings. The van der Waals surface area contributed by atoms with Gasteiger partial charge in [-0.1, -0.05) is 12.8 Å². The second kappa shape index (κ2) is 4.17. The lowest BCUT2D eigenvalue weighted by atomic mass is 9.97. The lowest BCUT2D eigenvalue weighted by Crippen LogP contribution is -2.38. The smallest absolute Gasteiger partial charge is 0.273 e. The van der Waals surface area contributed by atoms with Gasteiger partial charge in [0.2, 0.25) is 0 Å². The Kier molecular flexibility index (Phi) is 2.65. The van der Waals surface area contributed by atoms with E-state index in [4.69, 9.17) is 4.42 Å². The van der Waals surface area contributed by atoms with Crippen molar-refractivity contribution >= 4 is 5.91 Å². The number of nitrogens with one attached hydrogen (secondary N) is 1. The summed E-state index contributed by atoms with van der Waals surface area (Å²) < 4.78 is 5.06. The first-order valence-electron chi connectivity index (χ1n) is 6.46. The van der Waals surface area contributed by atoms with Crippen molar-refractivity contribution < 1.29 is 9.21 Å². The highest BCUT2D eigenvalue weighted by molar-refractivity contribution is 5.93. The van der Waals surface area contributed by atoms with Gasteiger partial charge in [0.1, 0.15) is 5.76 Å². The van der Waals surface area contributed by atoms with Crippen LogP contribution in [0.3, 0.4) is 0 Å². The molecule has 2 saturated carbocycles. The zero-order valence-electron chi connectivity index (χ0n) is 10.1. The van der Waals surface area contributed by atoms with Crippen LogP contribution < -0.4 is 5.32 Å². The molecule has 1 aromatic rings. The number of hydrogen-bond donors (Lipinski definition) is 1. The van der Waals surface area contributed by atoms with Crippen molar-refractivity contribution in [1.82, 2.24) is 10.3 Å². The Bertz CT molecular complexity index is 427. The predicted molar refractivity (Wildman–Crippen MR) is 62.6 cm³/mol. The molecule has 3 atom stereocenters. The van der Waals surface area contributed by atoms with E-state index in [2.05, 4.69) is 10.3 Å². The molecular weight excluding hydrogens is 216 g/mol. The van der Waals surface area contributed by atoms with Crippen molar-refractivity contribution in [1.29, 1.82) is 0 Å². The molecule has 0 spiro atoms. The van der Waals surface area contributed by atoms with Crippen molar-refractivity contribution in [2.24, 2.45) is 11.8 Å². The number of aryl methyl sites for hydroxylation is 1. The van der Waals surface area contributed by atoms with E-state index in [0.29, 0.717) is 23.4 Å². The maximum Gasteiger partial charge on any atom is 0.273 e. The first-order valence-corrected chi connectivity index (χ1v) is 6.46. The monoisotopic (exact) mass is 234 g/mol. The minimum atomic E-state index is -0.0752. The second-order valence-corrected chi connectivity index (χ2v) is 5.27. The van der Waals surface area contributed by atoms with E-state index in [-0.39, 0.29) is 5.91 Å². The zero-order chi connectivity index (χ0) is 11.8. The molecule has 92 valence electrons. The number of amides is 1. The minimum absolute atomic E-state index is 0.0752. The van der Waals surface area contributed by atoms with E-state index in [1.54, 1.807) is 6.92 Å². The maximum atomic E-state index is 12.0. The molecule has 0 saturated heterocycles. The van der Waals surface area contributed by atoms with Crippen LogP contribution in [-0.4, -0.2) is 16.9 Å². The van der Waals surface area contributed by atoms with E-state index in [0.717, 1.165) is 12.3 Å². The fraction of sp³-hybridized carbons (Fsp3) is 0.692. The summed E-state index contributed by atoms with van der Waals surface area (Å²) in [6.07, 6.45) is 7.67. The number of fused-ring (bicyclic) bond motifs is 1. The van der Waals surface area contributed by atoms with Gasteiger partial charge < -0.3 is 9.73 Å². The molecule has 0 bridgehead atoms. The average molecular weight is 234 g/mol. The molecule has 2 aliphatic rings. The predicted octanol–water partition coefficient (Wildman–Crippen LogP) is 2.29. The lowest BCUT2D eigenvalue weighted by molar-refractivity contribution is 0.0920. The molecule has 0 unspecified atom stereocenters. The Hall–Kier alpha value is -1.32. The average Bonchev–Trinajstić information content (AvgIpc) is 2.96. The summed E-state index contributed by atoms with van der Waals surface area (Å²) in [5, 5.41) is 3.13. The van der Waals surface area contributed by atoms with Crippen LogP contribution in [0.5, 0.6) is 0 Å². The number of nitrogens with zero attached hydrogens (tertiary/aromatic N) is 1. The highest BCUT2D eigenvalue weighted by Crippen LogP contribution is 2.43. The zero-order valence-corrected chi connectivity index (χ0v) is 10.1. The van der Waals surface area contributed by atoms with Gasteiger partial charge >= 0.3 is 0 Å². The standard InChI is InChI=1S/C13H18N2O2/c1-8-12(14-7-17-8)13(16)15-11-6-5-9-3-2-4-10(9)11/h7,9-11H,2-6H2,1H3,(H,15,16)/t9-,10-,11-/m0/s1. The summed E-state index contributed by atoms with van der Waals surface area (Å²) in [4.78, 5) is 16.0. The van der Waals surface area contributed by atoms with Crippen LogP contribution >= 0.6 is 0 Å². The molecule has 1 N–H and O–H groups in total. The van der Waals surface area contributed by atoms with Crippen LogP contribution in [0.15, 0.2) is 10.8 Å². The van der Waals surface area contributed by atoms with Crippen molar-refractivity contribution in [3.05, 3.63) is 17.8 Å². The number of hydrogen-bond acceptors (Lipinski definition) is 3. The van der Waals surface area contributed by atoms with Gasteiger partial charge in [-0.3, -0.25) is 4.79 Å². The van der Waals surface area contributed by atoms with Crippen molar-refractivity contribution in [3.8, 4) is 0 Å². The number of rotatable bonds is 2. The summed E-state index contributed by atoms with van der Waals surface area (Å²) in [5.74, 6) is 2.07. The van der Waals surface area contributed by atoms with Gasteiger partial charge in [0.15, 0.2) is 12.1 Å². The Morgan fingerprint density at radius 3 is 3.06 bits per heavy atom. The Balaban J connectivity index is 1.68. The second-order valence-electron chi connectivity index (χ2n) is 5.27. The molecule has 1 aromatic heterocycles. The molecule has 17 heavy (non-hydrogen) atoms. The van der Waals surface area contributed by atoms with Crippen molar-refractivity contribution in [3.63, 3.8) is 0 Å². The highest BCUT2D eigenvalue weighted by atomic mass is 16.3. The lowest BCUT2D eigenvalue weighted by Gasteiger charge is -2.19. The van der Waals surface area contributed by atoms with Crippen LogP contribution in [-0.2, 0) is 0 Å². The molecule has 2 aliphatic carbocycles. The molecular formula is C13H18N2O2. The van der Waals surface area contributed by atoms with Gasteiger partial charge in [-0.2, -0.15) is 0 Å². The highest BCUT2D eigenvalue weighted by Gasteiger charge is 2.39. The maximum absolute atomic E-state index is 12.0. The summed E-state index contributed by atoms with van der Waals surface area (Å²) in [6.45, 7) is 1.77.